The molecule has 0 aliphatic heterocycles. The van der Waals surface area contributed by atoms with Gasteiger partial charge in [0.2, 0.25) is 0 Å². The van der Waals surface area contributed by atoms with Crippen LogP contribution in [0.1, 0.15) is 25.0 Å². The zero-order valence-corrected chi connectivity index (χ0v) is 7.82. The smallest absolute Gasteiger partial charge is 0.0628 e. The fraction of sp³-hybridized carbons (Fsp3) is 0.600. The van der Waals surface area contributed by atoms with Gasteiger partial charge in [0.25, 0.3) is 0 Å². The Kier molecular flexibility index (Phi) is 1.84. The lowest BCUT2D eigenvalue weighted by molar-refractivity contribution is 0.399. The van der Waals surface area contributed by atoms with E-state index in [0.717, 1.165) is 6.54 Å². The first-order chi connectivity index (χ1) is 6.26. The quantitative estimate of drug-likeness (QED) is 0.703. The maximum absolute atomic E-state index is 8.66. The van der Waals surface area contributed by atoms with Crippen LogP contribution in [-0.4, -0.2) is 9.78 Å². The summed E-state index contributed by atoms with van der Waals surface area (Å²) in [6.45, 7) is 2.97. The van der Waals surface area contributed by atoms with Gasteiger partial charge in [0.1, 0.15) is 0 Å². The molecule has 1 aromatic heterocycles. The van der Waals surface area contributed by atoms with Gasteiger partial charge >= 0.3 is 0 Å². The molecule has 0 bridgehead atoms. The highest BCUT2D eigenvalue weighted by Gasteiger charge is 2.43. The number of nitrogens with zero attached hydrogens (tertiary/aromatic N) is 3. The summed E-state index contributed by atoms with van der Waals surface area (Å²) >= 11 is 0. The van der Waals surface area contributed by atoms with E-state index in [1.54, 1.807) is 0 Å². The molecule has 0 spiro atoms. The van der Waals surface area contributed by atoms with Gasteiger partial charge in [0, 0.05) is 30.3 Å². The molecule has 3 heteroatoms. The lowest BCUT2D eigenvalue weighted by Crippen LogP contribution is -2.13. The predicted octanol–water partition coefficient (Wildman–Crippen LogP) is 1.89. The maximum atomic E-state index is 8.66. The molecular weight excluding hydrogens is 162 g/mol. The Morgan fingerprint density at radius 2 is 2.46 bits per heavy atom. The third kappa shape index (κ3) is 1.57. The van der Waals surface area contributed by atoms with Gasteiger partial charge in [0.15, 0.2) is 0 Å². The highest BCUT2D eigenvalue weighted by Crippen LogP contribution is 2.49. The Morgan fingerprint density at radius 3 is 2.92 bits per heavy atom. The van der Waals surface area contributed by atoms with Gasteiger partial charge in [-0.1, -0.05) is 0 Å². The van der Waals surface area contributed by atoms with Gasteiger partial charge in [-0.25, -0.2) is 0 Å². The Labute approximate surface area is 78.0 Å². The molecule has 1 heterocycles. The van der Waals surface area contributed by atoms with Crippen LogP contribution in [-0.2, 0) is 6.54 Å². The molecule has 68 valence electrons. The number of hydrogen-bond donors (Lipinski definition) is 0. The molecule has 1 saturated carbocycles. The van der Waals surface area contributed by atoms with E-state index >= 15 is 0 Å². The van der Waals surface area contributed by atoms with Crippen LogP contribution in [0.4, 0.5) is 0 Å². The van der Waals surface area contributed by atoms with Gasteiger partial charge in [0.05, 0.1) is 6.07 Å². The van der Waals surface area contributed by atoms with Crippen molar-refractivity contribution in [1.29, 1.82) is 5.26 Å². The van der Waals surface area contributed by atoms with E-state index in [1.807, 2.05) is 16.9 Å². The second-order valence-corrected chi connectivity index (χ2v) is 3.97. The van der Waals surface area contributed by atoms with E-state index in [2.05, 4.69) is 18.1 Å². The molecule has 0 aromatic carbocycles. The van der Waals surface area contributed by atoms with Crippen LogP contribution in [0, 0.1) is 23.7 Å². The Hall–Kier alpha value is -1.30. The van der Waals surface area contributed by atoms with Crippen LogP contribution in [0.25, 0.3) is 0 Å². The monoisotopic (exact) mass is 175 g/mol. The highest BCUT2D eigenvalue weighted by atomic mass is 15.3. The topological polar surface area (TPSA) is 41.6 Å². The maximum Gasteiger partial charge on any atom is 0.0628 e. The summed E-state index contributed by atoms with van der Waals surface area (Å²) in [5, 5.41) is 12.9. The molecule has 13 heavy (non-hydrogen) atoms. The van der Waals surface area contributed by atoms with Gasteiger partial charge in [-0.2, -0.15) is 10.4 Å². The number of hydrogen-bond acceptors (Lipinski definition) is 2. The summed E-state index contributed by atoms with van der Waals surface area (Å²) in [6.07, 6.45) is 4.85. The molecule has 1 aliphatic rings. The third-order valence-corrected chi connectivity index (χ3v) is 2.83. The van der Waals surface area contributed by atoms with Crippen LogP contribution >= 0.6 is 0 Å². The molecule has 1 aromatic rings. The highest BCUT2D eigenvalue weighted by molar-refractivity contribution is 5.03. The third-order valence-electron chi connectivity index (χ3n) is 2.83. The number of nitriles is 1. The minimum Gasteiger partial charge on any atom is -0.269 e. The van der Waals surface area contributed by atoms with Gasteiger partial charge in [-0.3, -0.25) is 4.68 Å². The second-order valence-electron chi connectivity index (χ2n) is 3.97. The van der Waals surface area contributed by atoms with E-state index in [-0.39, 0.29) is 5.41 Å². The minimum absolute atomic E-state index is 0.255. The summed E-state index contributed by atoms with van der Waals surface area (Å²) < 4.78 is 2.00. The zero-order valence-electron chi connectivity index (χ0n) is 7.82. The molecule has 2 rings (SSSR count). The normalized spacial score (nSPS) is 18.2. The predicted molar refractivity (Wildman–Crippen MR) is 48.9 cm³/mol. The molecule has 0 saturated heterocycles. The van der Waals surface area contributed by atoms with Crippen LogP contribution in [0.15, 0.2) is 12.3 Å². The molecule has 0 radical (unpaired) electrons. The summed E-state index contributed by atoms with van der Waals surface area (Å²) in [7, 11) is 0. The summed E-state index contributed by atoms with van der Waals surface area (Å²) in [4.78, 5) is 0. The van der Waals surface area contributed by atoms with E-state index in [0.29, 0.717) is 6.42 Å². The average Bonchev–Trinajstić information content (AvgIpc) is 2.73. The van der Waals surface area contributed by atoms with E-state index in [4.69, 9.17) is 5.26 Å². The van der Waals surface area contributed by atoms with Crippen molar-refractivity contribution in [2.24, 2.45) is 5.41 Å². The van der Waals surface area contributed by atoms with E-state index in [1.165, 1.54) is 18.5 Å². The molecule has 0 N–H and O–H groups in total. The zero-order chi connectivity index (χ0) is 9.31. The number of aromatic nitrogens is 2. The van der Waals surface area contributed by atoms with Gasteiger partial charge in [-0.05, 0) is 25.8 Å². The molecule has 3 nitrogen and oxygen atoms in total. The summed E-state index contributed by atoms with van der Waals surface area (Å²) in [6, 6.07) is 4.26. The van der Waals surface area contributed by atoms with Crippen LogP contribution in [0.3, 0.4) is 0 Å². The standard InChI is InChI=1S/C10H13N3/c1-9-2-7-12-13(9)8-10(3-4-10)5-6-11/h2,7H,3-5,8H2,1H3. The van der Waals surface area contributed by atoms with Gasteiger partial charge < -0.3 is 0 Å². The van der Waals surface area contributed by atoms with Crippen molar-refractivity contribution >= 4 is 0 Å². The van der Waals surface area contributed by atoms with Crippen LogP contribution in [0.5, 0.6) is 0 Å². The Bertz CT molecular complexity index is 341. The summed E-state index contributed by atoms with van der Waals surface area (Å²) in [5.74, 6) is 0. The molecule has 1 aliphatic carbocycles. The molecule has 0 amide bonds. The van der Waals surface area contributed by atoms with Crippen LogP contribution in [0.2, 0.25) is 0 Å². The van der Waals surface area contributed by atoms with E-state index in [9.17, 15) is 0 Å². The van der Waals surface area contributed by atoms with Crippen LogP contribution < -0.4 is 0 Å². The van der Waals surface area contributed by atoms with Crippen molar-refractivity contribution in [3.05, 3.63) is 18.0 Å². The molecule has 1 fully saturated rings. The fourth-order valence-corrected chi connectivity index (χ4v) is 1.62. The first-order valence-corrected chi connectivity index (χ1v) is 4.61. The fourth-order valence-electron chi connectivity index (χ4n) is 1.62. The SMILES string of the molecule is Cc1ccnn1CC1(CC#N)CC1. The molecule has 0 unspecified atom stereocenters. The lowest BCUT2D eigenvalue weighted by Gasteiger charge is -2.11. The number of aryl methyl sites for hydroxylation is 1. The van der Waals surface area contributed by atoms with Gasteiger partial charge in [-0.15, -0.1) is 0 Å². The van der Waals surface area contributed by atoms with Crippen molar-refractivity contribution in [2.45, 2.75) is 32.7 Å². The Balaban J connectivity index is 2.07. The Morgan fingerprint density at radius 1 is 1.69 bits per heavy atom. The average molecular weight is 175 g/mol. The molecular formula is C10H13N3. The van der Waals surface area contributed by atoms with Crippen molar-refractivity contribution in [3.63, 3.8) is 0 Å². The second kappa shape index (κ2) is 2.88. The minimum atomic E-state index is 0.255. The van der Waals surface area contributed by atoms with Crippen molar-refractivity contribution < 1.29 is 0 Å². The lowest BCUT2D eigenvalue weighted by atomic mass is 10.0. The first-order valence-electron chi connectivity index (χ1n) is 4.61. The number of rotatable bonds is 3. The van der Waals surface area contributed by atoms with Crippen molar-refractivity contribution in [1.82, 2.24) is 9.78 Å². The largest absolute Gasteiger partial charge is 0.269 e. The molecule has 0 atom stereocenters. The van der Waals surface area contributed by atoms with E-state index < -0.39 is 0 Å². The summed E-state index contributed by atoms with van der Waals surface area (Å²) in [5.41, 5.74) is 1.44. The van der Waals surface area contributed by atoms with Crippen molar-refractivity contribution in [2.75, 3.05) is 0 Å². The van der Waals surface area contributed by atoms with Crippen molar-refractivity contribution in [3.8, 4) is 6.07 Å². The first kappa shape index (κ1) is 8.31.